The van der Waals surface area contributed by atoms with Crippen LogP contribution in [0.15, 0.2) is 35.9 Å². The molecule has 3 aliphatic rings. The van der Waals surface area contributed by atoms with Crippen LogP contribution in [0.3, 0.4) is 0 Å². The van der Waals surface area contributed by atoms with Crippen molar-refractivity contribution in [2.75, 3.05) is 26.1 Å². The van der Waals surface area contributed by atoms with Gasteiger partial charge in [0.1, 0.15) is 40.3 Å². The van der Waals surface area contributed by atoms with E-state index in [0.717, 1.165) is 11.1 Å². The number of likely N-dealkylation sites (N-methyl/N-ethyl adjacent to an activating group) is 1. The van der Waals surface area contributed by atoms with Gasteiger partial charge in [-0.1, -0.05) is 49.2 Å². The van der Waals surface area contributed by atoms with Crippen LogP contribution in [-0.4, -0.2) is 90.8 Å². The van der Waals surface area contributed by atoms with Crippen LogP contribution in [0.25, 0.3) is 0 Å². The van der Waals surface area contributed by atoms with Gasteiger partial charge in [0.25, 0.3) is 0 Å². The molecule has 0 saturated carbocycles. The number of fused-ring (bicyclic) bond motifs is 5. The number of epoxide rings is 1. The smallest absolute Gasteiger partial charge is 0.409 e. The van der Waals surface area contributed by atoms with E-state index in [4.69, 9.17) is 30.5 Å². The molecule has 0 radical (unpaired) electrons. The third-order valence-electron chi connectivity index (χ3n) is 9.77. The highest BCUT2D eigenvalue weighted by Gasteiger charge is 2.64. The summed E-state index contributed by atoms with van der Waals surface area (Å²) in [7, 11) is 4.57. The normalized spacial score (nSPS) is 33.6. The van der Waals surface area contributed by atoms with E-state index in [0.29, 0.717) is 17.9 Å². The van der Waals surface area contributed by atoms with Gasteiger partial charge in [-0.2, -0.15) is 0 Å². The maximum Gasteiger partial charge on any atom is 0.409 e. The number of alkyl carbamates (subject to hydrolysis) is 1. The second kappa shape index (κ2) is 13.9. The van der Waals surface area contributed by atoms with Crippen molar-refractivity contribution in [3.63, 3.8) is 0 Å². The fraction of sp³-hybridized carbons (Fsp3) is 0.588. The van der Waals surface area contributed by atoms with Crippen LogP contribution in [0.2, 0.25) is 5.02 Å². The first-order chi connectivity index (χ1) is 21.9. The Hall–Kier alpha value is -3.61. The molecular weight excluding hydrogens is 630 g/mol. The van der Waals surface area contributed by atoms with Gasteiger partial charge in [0.2, 0.25) is 11.8 Å². The van der Waals surface area contributed by atoms with Gasteiger partial charge in [0.05, 0.1) is 25.3 Å². The predicted molar refractivity (Wildman–Crippen MR) is 175 cm³/mol. The van der Waals surface area contributed by atoms with Gasteiger partial charge >= 0.3 is 12.1 Å². The number of hydrogen-bond donors (Lipinski definition) is 2. The predicted octanol–water partition coefficient (Wildman–Crippen LogP) is 4.16. The van der Waals surface area contributed by atoms with Crippen LogP contribution >= 0.6 is 11.6 Å². The molecule has 1 aromatic rings. The van der Waals surface area contributed by atoms with E-state index in [-0.39, 0.29) is 23.8 Å². The highest BCUT2D eigenvalue weighted by Crippen LogP contribution is 2.49. The van der Waals surface area contributed by atoms with E-state index in [1.54, 1.807) is 27.0 Å². The van der Waals surface area contributed by atoms with Gasteiger partial charge in [-0.3, -0.25) is 14.9 Å². The average molecular weight is 676 g/mol. The molecule has 12 nitrogen and oxygen atoms in total. The summed E-state index contributed by atoms with van der Waals surface area (Å²) in [6.07, 6.45) is 2.65. The SMILES string of the molecule is COc1cc2cc(c1Cl)N(C)C(=O)CC(OC(=O)[C@H](C)N(C)C(C)=O)C1(C)OC1C(C)C1CC(O)(NC(=O)O1)C(C)/C=C/C=C(\C)C2. The summed E-state index contributed by atoms with van der Waals surface area (Å²) in [4.78, 5) is 54.6. The Morgan fingerprint density at radius 3 is 2.57 bits per heavy atom. The van der Waals surface area contributed by atoms with Gasteiger partial charge < -0.3 is 33.9 Å². The van der Waals surface area contributed by atoms with Crippen molar-refractivity contribution < 1.29 is 43.2 Å². The summed E-state index contributed by atoms with van der Waals surface area (Å²) < 4.78 is 23.3. The van der Waals surface area contributed by atoms with Gasteiger partial charge in [-0.15, -0.1) is 0 Å². The van der Waals surface area contributed by atoms with Crippen LogP contribution in [0, 0.1) is 11.8 Å². The van der Waals surface area contributed by atoms with Crippen molar-refractivity contribution >= 4 is 41.2 Å². The lowest BCUT2D eigenvalue weighted by Crippen LogP contribution is -2.60. The Morgan fingerprint density at radius 1 is 1.26 bits per heavy atom. The van der Waals surface area contributed by atoms with Gasteiger partial charge in [0, 0.05) is 39.3 Å². The van der Waals surface area contributed by atoms with Crippen LogP contribution in [0.1, 0.15) is 59.9 Å². The lowest BCUT2D eigenvalue weighted by atomic mass is 9.82. The van der Waals surface area contributed by atoms with Crippen molar-refractivity contribution in [3.05, 3.63) is 46.5 Å². The van der Waals surface area contributed by atoms with Crippen LogP contribution in [-0.2, 0) is 35.0 Å². The number of aliphatic hydroxyl groups is 1. The number of anilines is 1. The van der Waals surface area contributed by atoms with E-state index in [1.807, 2.05) is 38.1 Å². The fourth-order valence-electron chi connectivity index (χ4n) is 6.18. The molecule has 1 aromatic carbocycles. The minimum absolute atomic E-state index is 0.0702. The molecule has 3 amide bonds. The molecule has 3 heterocycles. The molecule has 2 fully saturated rings. The lowest BCUT2D eigenvalue weighted by molar-refractivity contribution is -0.161. The molecular formula is C34H46ClN3O9. The molecule has 13 heteroatoms. The number of rotatable bonds is 4. The Bertz CT molecular complexity index is 1480. The Balaban J connectivity index is 1.78. The monoisotopic (exact) mass is 675 g/mol. The first-order valence-corrected chi connectivity index (χ1v) is 16.1. The van der Waals surface area contributed by atoms with E-state index in [2.05, 4.69) is 5.32 Å². The topological polar surface area (TPSA) is 147 Å². The molecule has 47 heavy (non-hydrogen) atoms. The number of halogens is 1. The zero-order chi connectivity index (χ0) is 35.0. The van der Waals surface area contributed by atoms with E-state index in [1.165, 1.54) is 37.8 Å². The molecule has 7 unspecified atom stereocenters. The number of benzene rings is 1. The van der Waals surface area contributed by atoms with E-state index >= 15 is 0 Å². The lowest BCUT2D eigenvalue weighted by Gasteiger charge is -2.41. The minimum atomic E-state index is -1.60. The first-order valence-electron chi connectivity index (χ1n) is 15.7. The highest BCUT2D eigenvalue weighted by atomic mass is 35.5. The summed E-state index contributed by atoms with van der Waals surface area (Å²) in [5.74, 6) is -2.00. The summed E-state index contributed by atoms with van der Waals surface area (Å²) in [6.45, 7) is 10.2. The molecule has 4 rings (SSSR count). The summed E-state index contributed by atoms with van der Waals surface area (Å²) in [5.41, 5.74) is -0.531. The van der Waals surface area contributed by atoms with Crippen LogP contribution in [0.4, 0.5) is 10.5 Å². The molecule has 3 aliphatic heterocycles. The number of nitrogens with zero attached hydrogens (tertiary/aromatic N) is 2. The first kappa shape index (κ1) is 36.2. The molecule has 2 N–H and O–H groups in total. The zero-order valence-corrected chi connectivity index (χ0v) is 29.2. The molecule has 4 bridgehead atoms. The molecule has 8 atom stereocenters. The average Bonchev–Trinajstić information content (AvgIpc) is 3.70. The molecule has 0 spiro atoms. The van der Waals surface area contributed by atoms with Crippen molar-refractivity contribution in [1.29, 1.82) is 0 Å². The summed E-state index contributed by atoms with van der Waals surface area (Å²) in [6, 6.07) is 2.68. The number of nitrogens with one attached hydrogen (secondary N) is 1. The summed E-state index contributed by atoms with van der Waals surface area (Å²) >= 11 is 6.71. The number of esters is 1. The molecule has 258 valence electrons. The molecule has 2 saturated heterocycles. The molecule has 0 aromatic heterocycles. The zero-order valence-electron chi connectivity index (χ0n) is 28.5. The number of hydrogen-bond acceptors (Lipinski definition) is 9. The standard InChI is InChI=1S/C34H46ClN3O9/c1-18-11-10-12-19(2)34(43)17-26(45-32(42)36-34)20(3)30-33(6,47-30)27(46-31(41)21(4)37(7)22(5)39)16-28(40)38(8)24-14-23(13-18)15-25(44-9)29(24)35/h10-12,14-15,19-21,26-27,30,43H,13,16-17H2,1-9H3,(H,36,42)/b12-10+,18-11+/t19?,20?,21-,26?,27?,30?,33?,34?/m0/s1. The number of carbonyl (C=O) groups excluding carboxylic acids is 4. The van der Waals surface area contributed by atoms with E-state index < -0.39 is 65.5 Å². The third-order valence-corrected chi connectivity index (χ3v) is 10.2. The maximum atomic E-state index is 13.9. The second-order valence-corrected chi connectivity index (χ2v) is 13.5. The van der Waals surface area contributed by atoms with Crippen molar-refractivity contribution in [1.82, 2.24) is 10.2 Å². The quantitative estimate of drug-likeness (QED) is 0.355. The van der Waals surface area contributed by atoms with Gasteiger partial charge in [0.15, 0.2) is 0 Å². The fourth-order valence-corrected chi connectivity index (χ4v) is 6.49. The number of ether oxygens (including phenoxy) is 4. The van der Waals surface area contributed by atoms with Gasteiger partial charge in [-0.05, 0) is 44.9 Å². The van der Waals surface area contributed by atoms with Crippen molar-refractivity contribution in [3.8, 4) is 5.75 Å². The molecule has 0 aliphatic carbocycles. The van der Waals surface area contributed by atoms with Crippen molar-refractivity contribution in [2.45, 2.75) is 96.5 Å². The van der Waals surface area contributed by atoms with Gasteiger partial charge in [-0.25, -0.2) is 9.59 Å². The Labute approximate surface area is 281 Å². The number of methoxy groups -OCH3 is 1. The third kappa shape index (κ3) is 7.60. The minimum Gasteiger partial charge on any atom is -0.495 e. The van der Waals surface area contributed by atoms with Crippen molar-refractivity contribution in [2.24, 2.45) is 11.8 Å². The van der Waals surface area contributed by atoms with Crippen LogP contribution < -0.4 is 15.0 Å². The number of carbonyl (C=O) groups is 4. The summed E-state index contributed by atoms with van der Waals surface area (Å²) in [5, 5.41) is 14.4. The van der Waals surface area contributed by atoms with E-state index in [9.17, 15) is 24.3 Å². The highest BCUT2D eigenvalue weighted by molar-refractivity contribution is 6.35. The maximum absolute atomic E-state index is 13.9. The number of amides is 3. The second-order valence-electron chi connectivity index (χ2n) is 13.2. The largest absolute Gasteiger partial charge is 0.495 e. The van der Waals surface area contributed by atoms with Crippen LogP contribution in [0.5, 0.6) is 5.75 Å². The Morgan fingerprint density at radius 2 is 1.94 bits per heavy atom. The Kier molecular flexibility index (Phi) is 10.7. The number of allylic oxidation sites excluding steroid dienone is 3.